The molecule has 4 heteroatoms. The number of hydrogen-bond acceptors (Lipinski definition) is 0. The van der Waals surface area contributed by atoms with E-state index >= 15 is 0 Å². The van der Waals surface area contributed by atoms with Gasteiger partial charge in [-0.25, -0.2) is 0 Å². The summed E-state index contributed by atoms with van der Waals surface area (Å²) < 4.78 is 8.69. The number of hydrogen-bond donors (Lipinski definition) is 0. The van der Waals surface area contributed by atoms with Crippen molar-refractivity contribution < 1.29 is 17.4 Å². The van der Waals surface area contributed by atoms with Gasteiger partial charge in [-0.05, 0) is 0 Å². The van der Waals surface area contributed by atoms with Crippen LogP contribution in [0.25, 0.3) is 28.1 Å². The molecule has 162 valence electrons. The molecule has 0 aromatic heterocycles. The zero-order valence-electron chi connectivity index (χ0n) is 18.5. The monoisotopic (exact) mass is 552 g/mol. The molecule has 0 radical (unpaired) electrons. The van der Waals surface area contributed by atoms with E-state index in [-0.39, 0.29) is 24.8 Å². The number of fused-ring (bicyclic) bond motifs is 6. The van der Waals surface area contributed by atoms with Crippen LogP contribution in [-0.4, -0.2) is 6.88 Å². The topological polar surface area (TPSA) is 0 Å². The molecule has 4 aromatic rings. The van der Waals surface area contributed by atoms with Gasteiger partial charge in [-0.1, -0.05) is 0 Å². The summed E-state index contributed by atoms with van der Waals surface area (Å²) in [5, 5.41) is 5.60. The minimum atomic E-state index is -3.44. The Morgan fingerprint density at radius 2 is 1.00 bits per heavy atom. The standard InChI is InChI=1S/2C13H9.2CH3.2ClH.H2Si.Zr/c2*1-2-6-12-10(4-1)8-9-11-5-3-7-13(11)12;;;;;;/h2*1-4,6,8-9H,5H2;2*1H3;2*1H;1H2;. The molecule has 0 saturated heterocycles. The second-order valence-electron chi connectivity index (χ2n) is 9.97. The summed E-state index contributed by atoms with van der Waals surface area (Å²) in [7, 11) is 0. The van der Waals surface area contributed by atoms with Gasteiger partial charge in [-0.15, -0.1) is 24.8 Å². The summed E-state index contributed by atoms with van der Waals surface area (Å²) in [4.78, 5) is 0. The first kappa shape index (κ1) is 23.7. The number of rotatable bonds is 2. The van der Waals surface area contributed by atoms with Crippen LogP contribution in [-0.2, 0) is 30.2 Å². The molecule has 2 aliphatic rings. The van der Waals surface area contributed by atoms with Crippen molar-refractivity contribution in [3.63, 3.8) is 0 Å². The fourth-order valence-corrected chi connectivity index (χ4v) is 19.5. The molecule has 0 atom stereocenters. The van der Waals surface area contributed by atoms with Crippen molar-refractivity contribution >= 4 is 59.8 Å². The second-order valence-corrected chi connectivity index (χ2v) is 38.4. The van der Waals surface area contributed by atoms with Gasteiger partial charge in [0.2, 0.25) is 0 Å². The quantitative estimate of drug-likeness (QED) is 0.223. The van der Waals surface area contributed by atoms with E-state index in [1.807, 2.05) is 0 Å². The van der Waals surface area contributed by atoms with Gasteiger partial charge in [0, 0.05) is 0 Å². The molecule has 0 saturated carbocycles. The van der Waals surface area contributed by atoms with Crippen LogP contribution in [0, 0.1) is 0 Å². The fourth-order valence-electron chi connectivity index (χ4n) is 5.84. The molecule has 0 unspecified atom stereocenters. The average molecular weight is 555 g/mol. The molecule has 0 bridgehead atoms. The van der Waals surface area contributed by atoms with E-state index in [4.69, 9.17) is 0 Å². The molecule has 0 fully saturated rings. The summed E-state index contributed by atoms with van der Waals surface area (Å²) in [5.74, 6) is 0. The first-order valence-electron chi connectivity index (χ1n) is 10.9. The van der Waals surface area contributed by atoms with Crippen molar-refractivity contribution in [1.29, 1.82) is 0 Å². The van der Waals surface area contributed by atoms with Crippen molar-refractivity contribution in [2.75, 3.05) is 0 Å². The molecule has 0 N–H and O–H groups in total. The number of benzene rings is 4. The van der Waals surface area contributed by atoms with Gasteiger partial charge >= 0.3 is 182 Å². The molecule has 32 heavy (non-hydrogen) atoms. The first-order valence-corrected chi connectivity index (χ1v) is 24.2. The predicted molar refractivity (Wildman–Crippen MR) is 146 cm³/mol. The van der Waals surface area contributed by atoms with Crippen LogP contribution < -0.4 is 0 Å². The van der Waals surface area contributed by atoms with Gasteiger partial charge in [0.1, 0.15) is 0 Å². The van der Waals surface area contributed by atoms with Crippen molar-refractivity contribution in [1.82, 2.24) is 0 Å². The maximum absolute atomic E-state index is 3.44. The summed E-state index contributed by atoms with van der Waals surface area (Å²) in [5.41, 5.74) is 6.12. The van der Waals surface area contributed by atoms with E-state index in [2.05, 4.69) is 101 Å². The first-order chi connectivity index (χ1) is 14.4. The summed E-state index contributed by atoms with van der Waals surface area (Å²) in [6, 6.07) is 27.2. The second kappa shape index (κ2) is 8.10. The Kier molecular flexibility index (Phi) is 6.00. The van der Waals surface area contributed by atoms with Crippen molar-refractivity contribution in [2.24, 2.45) is 0 Å². The van der Waals surface area contributed by atoms with Gasteiger partial charge in [0.05, 0.1) is 0 Å². The van der Waals surface area contributed by atoms with Crippen LogP contribution in [0.15, 0.2) is 84.9 Å². The third-order valence-corrected chi connectivity index (χ3v) is 22.6. The van der Waals surface area contributed by atoms with Gasteiger partial charge in [0.15, 0.2) is 0 Å². The Bertz CT molecular complexity index is 1410. The average Bonchev–Trinajstić information content (AvgIpc) is 3.39. The van der Waals surface area contributed by atoms with E-state index < -0.39 is 17.4 Å². The van der Waals surface area contributed by atoms with Crippen LogP contribution in [0.5, 0.6) is 0 Å². The Balaban J connectivity index is 0.00000122. The van der Waals surface area contributed by atoms with Gasteiger partial charge < -0.3 is 0 Å². The molecule has 0 aliphatic heterocycles. The Morgan fingerprint density at radius 3 is 1.44 bits per heavy atom. The SMILES string of the molecule is Cl.Cl.[CH3][Zr]([CH3])(=[SiH2])([C]1=CCc2ccc3ccccc3c21)[C]1=CCc2ccc3ccccc3c21. The zero-order chi connectivity index (χ0) is 20.5. The fraction of sp³-hybridized carbons (Fsp3) is 0.143. The third-order valence-electron chi connectivity index (χ3n) is 7.35. The Labute approximate surface area is 205 Å². The molecule has 0 nitrogen and oxygen atoms in total. The van der Waals surface area contributed by atoms with Crippen LogP contribution in [0.2, 0.25) is 9.26 Å². The van der Waals surface area contributed by atoms with E-state index in [1.54, 1.807) is 17.7 Å². The molecule has 0 spiro atoms. The van der Waals surface area contributed by atoms with Crippen molar-refractivity contribution in [3.05, 3.63) is 107 Å². The third kappa shape index (κ3) is 3.34. The van der Waals surface area contributed by atoms with Gasteiger partial charge in [-0.2, -0.15) is 0 Å². The maximum atomic E-state index is 2.66. The van der Waals surface area contributed by atoms with Gasteiger partial charge in [-0.3, -0.25) is 0 Å². The van der Waals surface area contributed by atoms with E-state index in [0.29, 0.717) is 0 Å². The molecule has 2 aliphatic carbocycles. The normalized spacial score (nSPS) is 14.8. The van der Waals surface area contributed by atoms with E-state index in [1.165, 1.54) is 32.7 Å². The van der Waals surface area contributed by atoms with Crippen molar-refractivity contribution in [2.45, 2.75) is 22.1 Å². The summed E-state index contributed by atoms with van der Waals surface area (Å²) >= 11 is -3.44. The number of allylic oxidation sites excluding steroid dienone is 2. The van der Waals surface area contributed by atoms with Crippen molar-refractivity contribution in [3.8, 4) is 0 Å². The number of halogens is 2. The van der Waals surface area contributed by atoms with Crippen LogP contribution in [0.3, 0.4) is 0 Å². The molecule has 0 heterocycles. The summed E-state index contributed by atoms with van der Waals surface area (Å²) in [6.07, 6.45) is 7.32. The van der Waals surface area contributed by atoms with Gasteiger partial charge in [0.25, 0.3) is 0 Å². The molecular formula is C28H28Cl2SiZr. The van der Waals surface area contributed by atoms with Crippen LogP contribution in [0.4, 0.5) is 0 Å². The molecule has 0 amide bonds. The van der Waals surface area contributed by atoms with Crippen LogP contribution >= 0.6 is 24.8 Å². The van der Waals surface area contributed by atoms with Crippen LogP contribution in [0.1, 0.15) is 22.3 Å². The summed E-state index contributed by atoms with van der Waals surface area (Å²) in [6.45, 7) is 2.37. The minimum absolute atomic E-state index is 0. The molecular weight excluding hydrogens is 527 g/mol. The zero-order valence-corrected chi connectivity index (χ0v) is 24.0. The Morgan fingerprint density at radius 1 is 0.594 bits per heavy atom. The van der Waals surface area contributed by atoms with E-state index in [0.717, 1.165) is 12.8 Å². The predicted octanol–water partition coefficient (Wildman–Crippen LogP) is 7.66. The molecule has 6 rings (SSSR count). The molecule has 4 aromatic carbocycles. The van der Waals surface area contributed by atoms with E-state index in [9.17, 15) is 0 Å². The Hall–Kier alpha value is -1.44.